The molecule has 0 bridgehead atoms. The molecule has 20 heavy (non-hydrogen) atoms. The quantitative estimate of drug-likeness (QED) is 0.764. The number of hydrogen-bond donors (Lipinski definition) is 2. The molecule has 0 atom stereocenters. The monoisotopic (exact) mass is 335 g/mol. The molecule has 1 aromatic carbocycles. The van der Waals surface area contributed by atoms with Crippen molar-refractivity contribution in [1.82, 2.24) is 15.0 Å². The number of aromatic amines is 1. The highest BCUT2D eigenvalue weighted by atomic mass is 79.9. The van der Waals surface area contributed by atoms with Crippen LogP contribution in [0.1, 0.15) is 12.1 Å². The van der Waals surface area contributed by atoms with Gasteiger partial charge in [0.25, 0.3) is 0 Å². The molecular formula is C13H10BrN3O3. The summed E-state index contributed by atoms with van der Waals surface area (Å²) in [5, 5.41) is 8.79. The second kappa shape index (κ2) is 5.09. The van der Waals surface area contributed by atoms with Crippen LogP contribution in [0, 0.1) is 0 Å². The lowest BCUT2D eigenvalue weighted by atomic mass is 10.1. The van der Waals surface area contributed by atoms with E-state index in [1.165, 1.54) is 6.39 Å². The van der Waals surface area contributed by atoms with Crippen LogP contribution >= 0.6 is 15.9 Å². The van der Waals surface area contributed by atoms with Gasteiger partial charge in [-0.3, -0.25) is 4.79 Å². The second-order valence-electron chi connectivity index (χ2n) is 4.28. The summed E-state index contributed by atoms with van der Waals surface area (Å²) in [6.45, 7) is 0. The zero-order chi connectivity index (χ0) is 14.1. The van der Waals surface area contributed by atoms with Crippen molar-refractivity contribution in [3.63, 3.8) is 0 Å². The average molecular weight is 336 g/mol. The van der Waals surface area contributed by atoms with Crippen molar-refractivity contribution < 1.29 is 14.3 Å². The molecule has 3 rings (SSSR count). The Balaban J connectivity index is 2.01. The Labute approximate surface area is 122 Å². The number of aryl methyl sites for hydroxylation is 1. The van der Waals surface area contributed by atoms with Gasteiger partial charge in [-0.2, -0.15) is 0 Å². The van der Waals surface area contributed by atoms with Crippen LogP contribution in [0.5, 0.6) is 0 Å². The van der Waals surface area contributed by atoms with Crippen molar-refractivity contribution in [3.05, 3.63) is 35.0 Å². The SMILES string of the molecule is O=C(O)CCc1[nH]c(Br)nc1-c1ccc2ncoc2c1. The molecule has 3 aromatic rings. The van der Waals surface area contributed by atoms with Gasteiger partial charge in [0.05, 0.1) is 12.1 Å². The molecule has 0 amide bonds. The Hall–Kier alpha value is -2.15. The minimum Gasteiger partial charge on any atom is -0.481 e. The van der Waals surface area contributed by atoms with Gasteiger partial charge < -0.3 is 14.5 Å². The van der Waals surface area contributed by atoms with E-state index in [1.54, 1.807) is 0 Å². The molecule has 0 saturated carbocycles. The number of oxazole rings is 1. The molecule has 102 valence electrons. The molecule has 0 fully saturated rings. The van der Waals surface area contributed by atoms with Crippen LogP contribution in [0.4, 0.5) is 0 Å². The topological polar surface area (TPSA) is 92.0 Å². The fraction of sp³-hybridized carbons (Fsp3) is 0.154. The standard InChI is InChI=1S/C13H10BrN3O3/c14-13-16-9(3-4-11(18)19)12(17-13)7-1-2-8-10(5-7)20-6-15-8/h1-2,5-6H,3-4H2,(H,16,17)(H,18,19). The van der Waals surface area contributed by atoms with E-state index in [-0.39, 0.29) is 6.42 Å². The van der Waals surface area contributed by atoms with Crippen LogP contribution in [0.2, 0.25) is 0 Å². The van der Waals surface area contributed by atoms with E-state index in [1.807, 2.05) is 18.2 Å². The fourth-order valence-electron chi connectivity index (χ4n) is 2.03. The average Bonchev–Trinajstić information content (AvgIpc) is 3.01. The van der Waals surface area contributed by atoms with Crippen LogP contribution in [0.15, 0.2) is 33.7 Å². The molecule has 2 aromatic heterocycles. The summed E-state index contributed by atoms with van der Waals surface area (Å²) in [4.78, 5) is 22.1. The van der Waals surface area contributed by atoms with Gasteiger partial charge in [-0.1, -0.05) is 6.07 Å². The maximum absolute atomic E-state index is 10.7. The molecule has 0 aliphatic heterocycles. The molecule has 0 unspecified atom stereocenters. The van der Waals surface area contributed by atoms with Crippen molar-refractivity contribution in [2.24, 2.45) is 0 Å². The van der Waals surface area contributed by atoms with Crippen LogP contribution < -0.4 is 0 Å². The maximum Gasteiger partial charge on any atom is 0.303 e. The lowest BCUT2D eigenvalue weighted by Gasteiger charge is -2.01. The molecule has 6 nitrogen and oxygen atoms in total. The summed E-state index contributed by atoms with van der Waals surface area (Å²) < 4.78 is 5.84. The molecule has 0 spiro atoms. The second-order valence-corrected chi connectivity index (χ2v) is 5.03. The normalized spacial score (nSPS) is 11.1. The minimum absolute atomic E-state index is 0.0478. The maximum atomic E-state index is 10.7. The van der Waals surface area contributed by atoms with E-state index < -0.39 is 5.97 Å². The molecule has 0 saturated heterocycles. The largest absolute Gasteiger partial charge is 0.481 e. The Bertz CT molecular complexity index is 778. The summed E-state index contributed by atoms with van der Waals surface area (Å²) in [7, 11) is 0. The molecule has 7 heteroatoms. The van der Waals surface area contributed by atoms with E-state index in [2.05, 4.69) is 30.9 Å². The highest BCUT2D eigenvalue weighted by Gasteiger charge is 2.13. The van der Waals surface area contributed by atoms with Crippen LogP contribution in [-0.2, 0) is 11.2 Å². The molecule has 2 N–H and O–H groups in total. The predicted molar refractivity (Wildman–Crippen MR) is 75.2 cm³/mol. The molecule has 0 aliphatic rings. The first-order chi connectivity index (χ1) is 9.63. The number of hydrogen-bond acceptors (Lipinski definition) is 4. The molecule has 0 aliphatic carbocycles. The van der Waals surface area contributed by atoms with E-state index in [0.29, 0.717) is 16.7 Å². The molecular weight excluding hydrogens is 326 g/mol. The first-order valence-corrected chi connectivity index (χ1v) is 6.72. The first kappa shape index (κ1) is 12.9. The molecule has 2 heterocycles. The smallest absolute Gasteiger partial charge is 0.303 e. The van der Waals surface area contributed by atoms with E-state index >= 15 is 0 Å². The number of aliphatic carboxylic acids is 1. The highest BCUT2D eigenvalue weighted by molar-refractivity contribution is 9.10. The summed E-state index contributed by atoms with van der Waals surface area (Å²) in [6, 6.07) is 5.57. The Morgan fingerprint density at radius 2 is 2.30 bits per heavy atom. The Morgan fingerprint density at radius 1 is 1.45 bits per heavy atom. The lowest BCUT2D eigenvalue weighted by Crippen LogP contribution is -1.99. The number of halogens is 1. The third-order valence-electron chi connectivity index (χ3n) is 2.94. The number of nitrogens with one attached hydrogen (secondary N) is 1. The third-order valence-corrected chi connectivity index (χ3v) is 3.32. The number of H-pyrrole nitrogens is 1. The van der Waals surface area contributed by atoms with Crippen molar-refractivity contribution in [1.29, 1.82) is 0 Å². The summed E-state index contributed by atoms with van der Waals surface area (Å²) in [5.74, 6) is -0.840. The van der Waals surface area contributed by atoms with Gasteiger partial charge in [0.15, 0.2) is 16.7 Å². The zero-order valence-corrected chi connectivity index (χ0v) is 11.8. The van der Waals surface area contributed by atoms with Crippen LogP contribution in [0.3, 0.4) is 0 Å². The van der Waals surface area contributed by atoms with Crippen LogP contribution in [0.25, 0.3) is 22.4 Å². The summed E-state index contributed by atoms with van der Waals surface area (Å²) in [6.07, 6.45) is 1.82. The lowest BCUT2D eigenvalue weighted by molar-refractivity contribution is -0.136. The number of fused-ring (bicyclic) bond motifs is 1. The van der Waals surface area contributed by atoms with Crippen molar-refractivity contribution in [2.75, 3.05) is 0 Å². The highest BCUT2D eigenvalue weighted by Crippen LogP contribution is 2.27. The predicted octanol–water partition coefficient (Wildman–Crippen LogP) is 3.00. The number of nitrogens with zero attached hydrogens (tertiary/aromatic N) is 2. The zero-order valence-electron chi connectivity index (χ0n) is 10.3. The van der Waals surface area contributed by atoms with Gasteiger partial charge >= 0.3 is 5.97 Å². The van der Waals surface area contributed by atoms with Crippen LogP contribution in [-0.4, -0.2) is 26.0 Å². The Kier molecular flexibility index (Phi) is 3.27. The summed E-state index contributed by atoms with van der Waals surface area (Å²) in [5.41, 5.74) is 3.80. The number of imidazole rings is 1. The third kappa shape index (κ3) is 2.44. The van der Waals surface area contributed by atoms with Gasteiger partial charge in [-0.15, -0.1) is 0 Å². The van der Waals surface area contributed by atoms with Gasteiger partial charge in [0.2, 0.25) is 0 Å². The van der Waals surface area contributed by atoms with Crippen molar-refractivity contribution >= 4 is 33.0 Å². The van der Waals surface area contributed by atoms with Gasteiger partial charge in [-0.05, 0) is 28.1 Å². The number of carboxylic acids is 1. The minimum atomic E-state index is -0.840. The number of carbonyl (C=O) groups is 1. The van der Waals surface area contributed by atoms with E-state index in [4.69, 9.17) is 9.52 Å². The molecule has 0 radical (unpaired) electrons. The van der Waals surface area contributed by atoms with Gasteiger partial charge in [0.1, 0.15) is 5.52 Å². The number of carboxylic acid groups (broad SMARTS) is 1. The van der Waals surface area contributed by atoms with E-state index in [9.17, 15) is 4.79 Å². The first-order valence-electron chi connectivity index (χ1n) is 5.93. The van der Waals surface area contributed by atoms with E-state index in [0.717, 1.165) is 22.5 Å². The number of rotatable bonds is 4. The number of benzene rings is 1. The number of aromatic nitrogens is 3. The van der Waals surface area contributed by atoms with Gasteiger partial charge in [-0.25, -0.2) is 9.97 Å². The van der Waals surface area contributed by atoms with Crippen molar-refractivity contribution in [3.8, 4) is 11.3 Å². The fourth-order valence-corrected chi connectivity index (χ4v) is 2.45. The Morgan fingerprint density at radius 3 is 3.10 bits per heavy atom. The summed E-state index contributed by atoms with van der Waals surface area (Å²) >= 11 is 3.28. The van der Waals surface area contributed by atoms with Gasteiger partial charge in [0, 0.05) is 17.7 Å². The van der Waals surface area contributed by atoms with Crippen molar-refractivity contribution in [2.45, 2.75) is 12.8 Å².